The number of oxazole rings is 1. The third kappa shape index (κ3) is 3.09. The van der Waals surface area contributed by atoms with E-state index in [2.05, 4.69) is 4.98 Å². The standard InChI is InChI=1S/C20H20N2O5S/c1-13-6-4-5-7-15(13)18-21-19(20(27-18)22(2)3)28(23,24)14-8-9-16-17(12-14)26-11-10-25-16/h4-9,12H,10-11H2,1-3H3. The summed E-state index contributed by atoms with van der Waals surface area (Å²) >= 11 is 0. The van der Waals surface area contributed by atoms with Crippen molar-refractivity contribution >= 4 is 15.7 Å². The van der Waals surface area contributed by atoms with Crippen molar-refractivity contribution < 1.29 is 22.3 Å². The van der Waals surface area contributed by atoms with E-state index in [1.54, 1.807) is 25.1 Å². The van der Waals surface area contributed by atoms with Gasteiger partial charge in [0.2, 0.25) is 26.6 Å². The average molecular weight is 400 g/mol. The number of rotatable bonds is 4. The van der Waals surface area contributed by atoms with E-state index in [1.165, 1.54) is 12.1 Å². The van der Waals surface area contributed by atoms with Gasteiger partial charge in [-0.15, -0.1) is 0 Å². The predicted octanol–water partition coefficient (Wildman–Crippen LogP) is 3.32. The summed E-state index contributed by atoms with van der Waals surface area (Å²) in [7, 11) is -0.504. The van der Waals surface area contributed by atoms with Crippen LogP contribution < -0.4 is 14.4 Å². The van der Waals surface area contributed by atoms with Crippen LogP contribution in [0.5, 0.6) is 11.5 Å². The van der Waals surface area contributed by atoms with Crippen LogP contribution in [0.4, 0.5) is 5.88 Å². The summed E-state index contributed by atoms with van der Waals surface area (Å²) in [6.07, 6.45) is 0. The first kappa shape index (κ1) is 18.4. The fraction of sp³-hybridized carbons (Fsp3) is 0.250. The SMILES string of the molecule is Cc1ccccc1-c1nc(S(=O)(=O)c2ccc3c(c2)OCCO3)c(N(C)C)o1. The lowest BCUT2D eigenvalue weighted by Gasteiger charge is -2.18. The van der Waals surface area contributed by atoms with Gasteiger partial charge in [0.15, 0.2) is 11.5 Å². The molecule has 2 heterocycles. The van der Waals surface area contributed by atoms with Crippen molar-refractivity contribution in [3.63, 3.8) is 0 Å². The quantitative estimate of drug-likeness (QED) is 0.664. The highest BCUT2D eigenvalue weighted by Gasteiger charge is 2.31. The van der Waals surface area contributed by atoms with Gasteiger partial charge in [0.05, 0.1) is 4.90 Å². The van der Waals surface area contributed by atoms with Crippen LogP contribution >= 0.6 is 0 Å². The molecule has 0 amide bonds. The van der Waals surface area contributed by atoms with E-state index in [-0.39, 0.29) is 21.7 Å². The van der Waals surface area contributed by atoms with Crippen LogP contribution in [-0.2, 0) is 9.84 Å². The van der Waals surface area contributed by atoms with Gasteiger partial charge in [-0.05, 0) is 30.7 Å². The van der Waals surface area contributed by atoms with Gasteiger partial charge in [0, 0.05) is 25.7 Å². The Morgan fingerprint density at radius 3 is 2.43 bits per heavy atom. The van der Waals surface area contributed by atoms with E-state index >= 15 is 0 Å². The second kappa shape index (κ2) is 6.87. The molecule has 146 valence electrons. The van der Waals surface area contributed by atoms with Crippen molar-refractivity contribution in [3.8, 4) is 23.0 Å². The Balaban J connectivity index is 1.84. The molecule has 0 saturated heterocycles. The van der Waals surface area contributed by atoms with E-state index < -0.39 is 9.84 Å². The molecular formula is C20H20N2O5S. The Hall–Kier alpha value is -3.00. The first-order valence-electron chi connectivity index (χ1n) is 8.77. The number of hydrogen-bond donors (Lipinski definition) is 0. The van der Waals surface area contributed by atoms with Crippen molar-refractivity contribution in [2.75, 3.05) is 32.2 Å². The summed E-state index contributed by atoms with van der Waals surface area (Å²) in [5.74, 6) is 1.37. The van der Waals surface area contributed by atoms with Crippen LogP contribution in [0.1, 0.15) is 5.56 Å². The largest absolute Gasteiger partial charge is 0.486 e. The zero-order valence-corrected chi connectivity index (χ0v) is 16.6. The van der Waals surface area contributed by atoms with Crippen LogP contribution in [0.25, 0.3) is 11.5 Å². The molecule has 28 heavy (non-hydrogen) atoms. The van der Waals surface area contributed by atoms with Gasteiger partial charge in [0.25, 0.3) is 0 Å². The smallest absolute Gasteiger partial charge is 0.235 e. The maximum absolute atomic E-state index is 13.3. The first-order valence-corrected chi connectivity index (χ1v) is 10.2. The zero-order chi connectivity index (χ0) is 19.9. The lowest BCUT2D eigenvalue weighted by molar-refractivity contribution is 0.171. The number of aryl methyl sites for hydroxylation is 1. The molecule has 7 nitrogen and oxygen atoms in total. The van der Waals surface area contributed by atoms with E-state index in [0.717, 1.165) is 11.1 Å². The maximum atomic E-state index is 13.3. The molecule has 0 N–H and O–H groups in total. The molecule has 0 unspecified atom stereocenters. The monoisotopic (exact) mass is 400 g/mol. The first-order chi connectivity index (χ1) is 13.4. The molecule has 1 aliphatic heterocycles. The van der Waals surface area contributed by atoms with Gasteiger partial charge in [-0.25, -0.2) is 8.42 Å². The molecule has 0 bridgehead atoms. The molecule has 3 aromatic rings. The molecule has 0 atom stereocenters. The highest BCUT2D eigenvalue weighted by molar-refractivity contribution is 7.91. The van der Waals surface area contributed by atoms with Crippen molar-refractivity contribution in [3.05, 3.63) is 48.0 Å². The molecular weight excluding hydrogens is 380 g/mol. The molecule has 8 heteroatoms. The number of ether oxygens (including phenoxy) is 2. The number of sulfone groups is 1. The molecule has 1 aromatic heterocycles. The fourth-order valence-electron chi connectivity index (χ4n) is 2.99. The van der Waals surface area contributed by atoms with Gasteiger partial charge in [-0.3, -0.25) is 0 Å². The van der Waals surface area contributed by atoms with Crippen LogP contribution in [0.15, 0.2) is 56.8 Å². The highest BCUT2D eigenvalue weighted by atomic mass is 32.2. The summed E-state index contributed by atoms with van der Waals surface area (Å²) in [4.78, 5) is 6.02. The lowest BCUT2D eigenvalue weighted by Crippen LogP contribution is -2.16. The third-order valence-electron chi connectivity index (χ3n) is 4.44. The topological polar surface area (TPSA) is 81.9 Å². The minimum atomic E-state index is -3.93. The fourth-order valence-corrected chi connectivity index (χ4v) is 4.38. The second-order valence-corrected chi connectivity index (χ2v) is 8.51. The molecule has 0 aliphatic carbocycles. The van der Waals surface area contributed by atoms with Gasteiger partial charge in [-0.2, -0.15) is 4.98 Å². The van der Waals surface area contributed by atoms with Gasteiger partial charge in [-0.1, -0.05) is 18.2 Å². The Labute approximate surface area is 163 Å². The lowest BCUT2D eigenvalue weighted by atomic mass is 10.1. The summed E-state index contributed by atoms with van der Waals surface area (Å²) in [6.45, 7) is 2.73. The summed E-state index contributed by atoms with van der Waals surface area (Å²) in [6, 6.07) is 12.1. The van der Waals surface area contributed by atoms with Crippen LogP contribution in [0.3, 0.4) is 0 Å². The number of aromatic nitrogens is 1. The molecule has 2 aromatic carbocycles. The second-order valence-electron chi connectivity index (χ2n) is 6.65. The van der Waals surface area contributed by atoms with Crippen molar-refractivity contribution in [1.82, 2.24) is 4.98 Å². The van der Waals surface area contributed by atoms with Crippen LogP contribution in [-0.4, -0.2) is 40.7 Å². The average Bonchev–Trinajstić information content (AvgIpc) is 3.14. The Morgan fingerprint density at radius 1 is 1.00 bits per heavy atom. The predicted molar refractivity (Wildman–Crippen MR) is 104 cm³/mol. The number of anilines is 1. The molecule has 0 saturated carbocycles. The summed E-state index contributed by atoms with van der Waals surface area (Å²) in [5, 5.41) is -0.132. The summed E-state index contributed by atoms with van der Waals surface area (Å²) < 4.78 is 43.5. The minimum absolute atomic E-state index is 0.0736. The number of fused-ring (bicyclic) bond motifs is 1. The Morgan fingerprint density at radius 2 is 1.71 bits per heavy atom. The van der Waals surface area contributed by atoms with Gasteiger partial charge in [0.1, 0.15) is 13.2 Å². The molecule has 0 radical (unpaired) electrons. The van der Waals surface area contributed by atoms with E-state index in [4.69, 9.17) is 13.9 Å². The van der Waals surface area contributed by atoms with Crippen LogP contribution in [0, 0.1) is 6.92 Å². The molecule has 0 fully saturated rings. The highest BCUT2D eigenvalue weighted by Crippen LogP contribution is 2.38. The normalized spacial score (nSPS) is 13.4. The van der Waals surface area contributed by atoms with Crippen molar-refractivity contribution in [1.29, 1.82) is 0 Å². The van der Waals surface area contributed by atoms with E-state index in [1.807, 2.05) is 31.2 Å². The molecule has 0 spiro atoms. The minimum Gasteiger partial charge on any atom is -0.486 e. The number of hydrogen-bond acceptors (Lipinski definition) is 7. The van der Waals surface area contributed by atoms with Gasteiger partial charge >= 0.3 is 0 Å². The van der Waals surface area contributed by atoms with Gasteiger partial charge < -0.3 is 18.8 Å². The van der Waals surface area contributed by atoms with Crippen LogP contribution in [0.2, 0.25) is 0 Å². The van der Waals surface area contributed by atoms with E-state index in [0.29, 0.717) is 24.7 Å². The van der Waals surface area contributed by atoms with Crippen molar-refractivity contribution in [2.24, 2.45) is 0 Å². The summed E-state index contributed by atoms with van der Waals surface area (Å²) in [5.41, 5.74) is 1.69. The number of nitrogens with zero attached hydrogens (tertiary/aromatic N) is 2. The number of benzene rings is 2. The molecule has 4 rings (SSSR count). The third-order valence-corrected chi connectivity index (χ3v) is 6.09. The van der Waals surface area contributed by atoms with E-state index in [9.17, 15) is 8.42 Å². The van der Waals surface area contributed by atoms with Crippen molar-refractivity contribution in [2.45, 2.75) is 16.8 Å². The Bertz CT molecular complexity index is 1140. The maximum Gasteiger partial charge on any atom is 0.235 e. The molecule has 1 aliphatic rings. The zero-order valence-electron chi connectivity index (χ0n) is 15.8. The Kier molecular flexibility index (Phi) is 4.50.